The first-order chi connectivity index (χ1) is 17.0. The van der Waals surface area contributed by atoms with Crippen molar-refractivity contribution in [2.24, 2.45) is 23.2 Å². The number of hydrogen-bond acceptors (Lipinski definition) is 6. The summed E-state index contributed by atoms with van der Waals surface area (Å²) >= 11 is 4.98. The maximum absolute atomic E-state index is 13.2. The average molecular weight is 597 g/mol. The van der Waals surface area contributed by atoms with Gasteiger partial charge in [-0.3, -0.25) is 19.4 Å². The highest BCUT2D eigenvalue weighted by Crippen LogP contribution is 2.63. The first kappa shape index (κ1) is 26.0. The van der Waals surface area contributed by atoms with Crippen molar-refractivity contribution in [2.75, 3.05) is 5.32 Å². The largest absolute Gasteiger partial charge is 0.524 e. The van der Waals surface area contributed by atoms with Crippen LogP contribution in [0.15, 0.2) is 22.8 Å². The number of phosphoric acid groups is 1. The van der Waals surface area contributed by atoms with Gasteiger partial charge in [0.15, 0.2) is 5.13 Å². The second-order valence-corrected chi connectivity index (χ2v) is 13.8. The lowest BCUT2D eigenvalue weighted by Gasteiger charge is -2.50. The van der Waals surface area contributed by atoms with Gasteiger partial charge in [0.1, 0.15) is 11.5 Å². The Bertz CT molecular complexity index is 1260. The molecule has 0 aliphatic heterocycles. The Balaban J connectivity index is 1.35. The van der Waals surface area contributed by atoms with Crippen molar-refractivity contribution in [3.63, 3.8) is 0 Å². The van der Waals surface area contributed by atoms with Gasteiger partial charge in [0, 0.05) is 29.3 Å². The fourth-order valence-electron chi connectivity index (χ4n) is 7.04. The summed E-state index contributed by atoms with van der Waals surface area (Å²) in [7, 11) is -4.66. The number of halogens is 1. The maximum Gasteiger partial charge on any atom is 0.524 e. The predicted octanol–water partition coefficient (Wildman–Crippen LogP) is 5.76. The van der Waals surface area contributed by atoms with Crippen molar-refractivity contribution in [3.8, 4) is 5.75 Å². The number of ketones is 1. The minimum atomic E-state index is -4.66. The van der Waals surface area contributed by atoms with Crippen LogP contribution in [0.4, 0.5) is 5.13 Å². The second kappa shape index (κ2) is 9.62. The standard InChI is InChI=1S/C25H30BrN2O6PS/c1-13-12-27-24(36-13)28-21(30)8-3-14-11-20(29)25(2)10-9-16-15-6-7-19(34-35(31,32)33)23(26)18(15)5-4-17(16)22(14)25/h6-7,12,14,16-17,22H,3-5,8-11H2,1-2H3,(H,27,28,30)(H2,31,32,33)/t14-,16?,17?,22?,25-/m1/s1. The number of nitrogens with zero attached hydrogens (tertiary/aromatic N) is 1. The fraction of sp³-hybridized carbons (Fsp3) is 0.560. The highest BCUT2D eigenvalue weighted by molar-refractivity contribution is 9.10. The summed E-state index contributed by atoms with van der Waals surface area (Å²) in [6.45, 7) is 4.07. The van der Waals surface area contributed by atoms with E-state index in [0.29, 0.717) is 40.6 Å². The topological polar surface area (TPSA) is 126 Å². The molecule has 1 aromatic carbocycles. The van der Waals surface area contributed by atoms with Crippen LogP contribution in [-0.2, 0) is 20.6 Å². The molecule has 2 fully saturated rings. The van der Waals surface area contributed by atoms with Crippen molar-refractivity contribution in [1.82, 2.24) is 4.98 Å². The number of aryl methyl sites for hydroxylation is 1. The summed E-state index contributed by atoms with van der Waals surface area (Å²) in [5.41, 5.74) is 1.85. The van der Waals surface area contributed by atoms with Crippen LogP contribution in [0.2, 0.25) is 0 Å². The van der Waals surface area contributed by atoms with Crippen molar-refractivity contribution in [3.05, 3.63) is 38.8 Å². The van der Waals surface area contributed by atoms with Crippen LogP contribution in [0.1, 0.15) is 67.4 Å². The summed E-state index contributed by atoms with van der Waals surface area (Å²) in [5.74, 6) is 1.40. The van der Waals surface area contributed by atoms with Crippen LogP contribution < -0.4 is 9.84 Å². The smallest absolute Gasteiger partial charge is 0.403 e. The first-order valence-electron chi connectivity index (χ1n) is 12.3. The Morgan fingerprint density at radius 2 is 2.14 bits per heavy atom. The van der Waals surface area contributed by atoms with Crippen molar-refractivity contribution >= 4 is 51.9 Å². The number of carbonyl (C=O) groups is 2. The molecule has 11 heteroatoms. The van der Waals surface area contributed by atoms with E-state index in [2.05, 4.69) is 33.2 Å². The molecule has 1 heterocycles. The van der Waals surface area contributed by atoms with Gasteiger partial charge in [0.2, 0.25) is 5.91 Å². The zero-order valence-corrected chi connectivity index (χ0v) is 23.5. The molecule has 5 rings (SSSR count). The number of benzene rings is 1. The number of amides is 1. The van der Waals surface area contributed by atoms with E-state index in [1.165, 1.54) is 16.9 Å². The lowest BCUT2D eigenvalue weighted by molar-refractivity contribution is -0.129. The van der Waals surface area contributed by atoms with Gasteiger partial charge in [-0.2, -0.15) is 0 Å². The van der Waals surface area contributed by atoms with Gasteiger partial charge in [-0.05, 0) is 95.8 Å². The molecular formula is C25H30BrN2O6PS. The Labute approximate surface area is 222 Å². The van der Waals surface area contributed by atoms with E-state index >= 15 is 0 Å². The van der Waals surface area contributed by atoms with Gasteiger partial charge in [0.25, 0.3) is 0 Å². The molecule has 3 N–H and O–H groups in total. The van der Waals surface area contributed by atoms with Crippen LogP contribution in [0, 0.1) is 30.1 Å². The number of rotatable bonds is 6. The van der Waals surface area contributed by atoms with Crippen LogP contribution in [0.25, 0.3) is 0 Å². The third-order valence-electron chi connectivity index (χ3n) is 8.48. The second-order valence-electron chi connectivity index (χ2n) is 10.6. The van der Waals surface area contributed by atoms with Crippen molar-refractivity contribution in [2.45, 2.75) is 64.7 Å². The molecule has 1 amide bonds. The van der Waals surface area contributed by atoms with Crippen LogP contribution >= 0.6 is 35.1 Å². The normalized spacial score (nSPS) is 29.3. The summed E-state index contributed by atoms with van der Waals surface area (Å²) in [5, 5.41) is 3.50. The van der Waals surface area contributed by atoms with Crippen molar-refractivity contribution < 1.29 is 28.5 Å². The van der Waals surface area contributed by atoms with E-state index in [0.717, 1.165) is 36.1 Å². The van der Waals surface area contributed by atoms with Gasteiger partial charge in [0.05, 0.1) is 4.47 Å². The summed E-state index contributed by atoms with van der Waals surface area (Å²) in [6, 6.07) is 3.56. The number of Topliss-reactive ketones (excluding diaryl/α,β-unsaturated/α-hetero) is 1. The van der Waals surface area contributed by atoms with E-state index in [1.54, 1.807) is 12.3 Å². The first-order valence-corrected chi connectivity index (χ1v) is 15.4. The van der Waals surface area contributed by atoms with E-state index < -0.39 is 7.82 Å². The Morgan fingerprint density at radius 3 is 2.83 bits per heavy atom. The highest BCUT2D eigenvalue weighted by atomic mass is 79.9. The molecule has 8 nitrogen and oxygen atoms in total. The molecule has 0 radical (unpaired) electrons. The van der Waals surface area contributed by atoms with Gasteiger partial charge in [-0.25, -0.2) is 9.55 Å². The minimum Gasteiger partial charge on any atom is -0.403 e. The molecule has 36 heavy (non-hydrogen) atoms. The maximum atomic E-state index is 13.2. The average Bonchev–Trinajstić information content (AvgIpc) is 3.32. The molecule has 0 spiro atoms. The number of aromatic nitrogens is 1. The van der Waals surface area contributed by atoms with Crippen LogP contribution in [0.3, 0.4) is 0 Å². The number of phosphoric ester groups is 1. The lowest BCUT2D eigenvalue weighted by atomic mass is 9.54. The minimum absolute atomic E-state index is 0.0618. The van der Waals surface area contributed by atoms with E-state index in [4.69, 9.17) is 4.52 Å². The molecule has 3 aliphatic carbocycles. The monoisotopic (exact) mass is 596 g/mol. The van der Waals surface area contributed by atoms with E-state index in [1.807, 2.05) is 13.0 Å². The molecule has 0 bridgehead atoms. The van der Waals surface area contributed by atoms with Crippen LogP contribution in [-0.4, -0.2) is 26.5 Å². The number of nitrogens with one attached hydrogen (secondary N) is 1. The number of hydrogen-bond donors (Lipinski definition) is 3. The number of fused-ring (bicyclic) bond motifs is 5. The SMILES string of the molecule is Cc1cnc(NC(=O)CC[C@@H]2CC(=O)[C@@]3(C)CCC4c5ccc(OP(=O)(O)O)c(Br)c5CCC4C23)s1. The van der Waals surface area contributed by atoms with Gasteiger partial charge in [-0.1, -0.05) is 13.0 Å². The number of thiazole rings is 1. The molecule has 2 aromatic rings. The zero-order chi connectivity index (χ0) is 25.8. The number of carbonyl (C=O) groups excluding carboxylic acids is 2. The molecule has 1 aromatic heterocycles. The van der Waals surface area contributed by atoms with Gasteiger partial charge in [-0.15, -0.1) is 11.3 Å². The van der Waals surface area contributed by atoms with E-state index in [9.17, 15) is 23.9 Å². The predicted molar refractivity (Wildman–Crippen MR) is 140 cm³/mol. The zero-order valence-electron chi connectivity index (χ0n) is 20.2. The van der Waals surface area contributed by atoms with Crippen LogP contribution in [0.5, 0.6) is 5.75 Å². The molecule has 0 saturated heterocycles. The third kappa shape index (κ3) is 4.83. The van der Waals surface area contributed by atoms with Crippen molar-refractivity contribution in [1.29, 1.82) is 0 Å². The number of anilines is 1. The fourth-order valence-corrected chi connectivity index (χ4v) is 8.89. The Hall–Kier alpha value is -1.58. The summed E-state index contributed by atoms with van der Waals surface area (Å²) in [4.78, 5) is 49.6. The third-order valence-corrected chi connectivity index (χ3v) is 10.6. The summed E-state index contributed by atoms with van der Waals surface area (Å²) in [6.07, 6.45) is 6.66. The quantitative estimate of drug-likeness (QED) is 0.362. The molecule has 194 valence electrons. The Morgan fingerprint density at radius 1 is 1.36 bits per heavy atom. The molecular weight excluding hydrogens is 567 g/mol. The molecule has 3 unspecified atom stereocenters. The van der Waals surface area contributed by atoms with Gasteiger partial charge >= 0.3 is 7.82 Å². The summed E-state index contributed by atoms with van der Waals surface area (Å²) < 4.78 is 16.9. The molecule has 5 atom stereocenters. The highest BCUT2D eigenvalue weighted by Gasteiger charge is 2.58. The van der Waals surface area contributed by atoms with E-state index in [-0.39, 0.29) is 34.8 Å². The van der Waals surface area contributed by atoms with Gasteiger partial charge < -0.3 is 9.84 Å². The molecule has 3 aliphatic rings. The molecule has 2 saturated carbocycles. The lowest BCUT2D eigenvalue weighted by Crippen LogP contribution is -2.44. The Kier molecular flexibility index (Phi) is 6.96.